The third-order valence-corrected chi connectivity index (χ3v) is 4.57. The standard InChI is InChI=1S/C20H24FN3O2/c1-16(26-19-7-5-17(21)6-8-19)20(25)24-14-12-23(13-15-24)11-9-18-4-2-3-10-22-18/h2-8,10,16H,9,11-15H2,1H3/t16-/m0/s1. The maximum atomic E-state index is 12.9. The number of hydrogen-bond acceptors (Lipinski definition) is 4. The van der Waals surface area contributed by atoms with Crippen LogP contribution in [0.15, 0.2) is 48.7 Å². The van der Waals surface area contributed by atoms with Gasteiger partial charge in [-0.2, -0.15) is 0 Å². The maximum absolute atomic E-state index is 12.9. The van der Waals surface area contributed by atoms with E-state index < -0.39 is 6.10 Å². The molecule has 1 aromatic heterocycles. The minimum Gasteiger partial charge on any atom is -0.481 e. The molecule has 1 aromatic carbocycles. The number of halogens is 1. The summed E-state index contributed by atoms with van der Waals surface area (Å²) < 4.78 is 18.6. The molecular formula is C20H24FN3O2. The summed E-state index contributed by atoms with van der Waals surface area (Å²) in [5.74, 6) is 0.151. The van der Waals surface area contributed by atoms with Crippen LogP contribution in [0.3, 0.4) is 0 Å². The predicted octanol–water partition coefficient (Wildman–Crippen LogP) is 2.37. The van der Waals surface area contributed by atoms with E-state index in [-0.39, 0.29) is 11.7 Å². The third kappa shape index (κ3) is 5.02. The van der Waals surface area contributed by atoms with Crippen LogP contribution in [0, 0.1) is 5.82 Å². The van der Waals surface area contributed by atoms with Crippen LogP contribution in [0.5, 0.6) is 5.75 Å². The summed E-state index contributed by atoms with van der Waals surface area (Å²) in [6, 6.07) is 11.7. The zero-order chi connectivity index (χ0) is 18.4. The van der Waals surface area contributed by atoms with Crippen molar-refractivity contribution in [2.75, 3.05) is 32.7 Å². The average Bonchev–Trinajstić information content (AvgIpc) is 2.69. The van der Waals surface area contributed by atoms with Gasteiger partial charge in [-0.1, -0.05) is 6.07 Å². The number of rotatable bonds is 6. The highest BCUT2D eigenvalue weighted by molar-refractivity contribution is 5.81. The minimum absolute atomic E-state index is 0.0290. The van der Waals surface area contributed by atoms with Gasteiger partial charge < -0.3 is 9.64 Å². The predicted molar refractivity (Wildman–Crippen MR) is 97.5 cm³/mol. The molecule has 3 rings (SSSR count). The van der Waals surface area contributed by atoms with Gasteiger partial charge in [-0.05, 0) is 43.3 Å². The Balaban J connectivity index is 1.43. The van der Waals surface area contributed by atoms with Crippen LogP contribution in [0.4, 0.5) is 4.39 Å². The smallest absolute Gasteiger partial charge is 0.263 e. The molecule has 0 bridgehead atoms. The molecule has 6 heteroatoms. The number of nitrogens with zero attached hydrogens (tertiary/aromatic N) is 3. The fourth-order valence-electron chi connectivity index (χ4n) is 3.04. The van der Waals surface area contributed by atoms with Crippen molar-refractivity contribution in [1.82, 2.24) is 14.8 Å². The van der Waals surface area contributed by atoms with Gasteiger partial charge >= 0.3 is 0 Å². The Morgan fingerprint density at radius 3 is 2.54 bits per heavy atom. The molecule has 0 N–H and O–H groups in total. The van der Waals surface area contributed by atoms with E-state index in [1.165, 1.54) is 24.3 Å². The molecule has 138 valence electrons. The summed E-state index contributed by atoms with van der Waals surface area (Å²) in [4.78, 5) is 21.1. The highest BCUT2D eigenvalue weighted by Crippen LogP contribution is 2.15. The molecule has 5 nitrogen and oxygen atoms in total. The zero-order valence-electron chi connectivity index (χ0n) is 15.0. The van der Waals surface area contributed by atoms with Gasteiger partial charge in [0, 0.05) is 51.0 Å². The first-order valence-electron chi connectivity index (χ1n) is 8.95. The lowest BCUT2D eigenvalue weighted by molar-refractivity contribution is -0.139. The molecule has 1 aliphatic heterocycles. The van der Waals surface area contributed by atoms with Gasteiger partial charge in [0.05, 0.1) is 0 Å². The summed E-state index contributed by atoms with van der Waals surface area (Å²) in [5, 5.41) is 0. The van der Waals surface area contributed by atoms with Gasteiger partial charge in [0.25, 0.3) is 5.91 Å². The fraction of sp³-hybridized carbons (Fsp3) is 0.400. The van der Waals surface area contributed by atoms with Crippen molar-refractivity contribution < 1.29 is 13.9 Å². The highest BCUT2D eigenvalue weighted by atomic mass is 19.1. The first kappa shape index (κ1) is 18.3. The van der Waals surface area contributed by atoms with Crippen LogP contribution < -0.4 is 4.74 Å². The van der Waals surface area contributed by atoms with E-state index in [1.54, 1.807) is 6.92 Å². The Morgan fingerprint density at radius 1 is 1.15 bits per heavy atom. The van der Waals surface area contributed by atoms with E-state index in [1.807, 2.05) is 29.3 Å². The van der Waals surface area contributed by atoms with Crippen molar-refractivity contribution in [3.05, 3.63) is 60.2 Å². The van der Waals surface area contributed by atoms with Crippen LogP contribution in [0.25, 0.3) is 0 Å². The lowest BCUT2D eigenvalue weighted by Gasteiger charge is -2.35. The van der Waals surface area contributed by atoms with E-state index >= 15 is 0 Å². The monoisotopic (exact) mass is 357 g/mol. The summed E-state index contributed by atoms with van der Waals surface area (Å²) >= 11 is 0. The minimum atomic E-state index is -0.583. The molecule has 1 amide bonds. The lowest BCUT2D eigenvalue weighted by atomic mass is 10.2. The first-order chi connectivity index (χ1) is 12.6. The molecule has 0 radical (unpaired) electrons. The molecule has 2 aromatic rings. The molecule has 1 fully saturated rings. The first-order valence-corrected chi connectivity index (χ1v) is 8.95. The molecule has 0 spiro atoms. The van der Waals surface area contributed by atoms with Gasteiger partial charge in [0.1, 0.15) is 11.6 Å². The van der Waals surface area contributed by atoms with Gasteiger partial charge in [0.2, 0.25) is 0 Å². The number of aromatic nitrogens is 1. The summed E-state index contributed by atoms with van der Waals surface area (Å²) in [6.45, 7) is 5.76. The van der Waals surface area contributed by atoms with Gasteiger partial charge in [-0.3, -0.25) is 14.7 Å². The zero-order valence-corrected chi connectivity index (χ0v) is 15.0. The quantitative estimate of drug-likeness (QED) is 0.796. The van der Waals surface area contributed by atoms with Crippen LogP contribution >= 0.6 is 0 Å². The Hall–Kier alpha value is -2.47. The summed E-state index contributed by atoms with van der Waals surface area (Å²) in [7, 11) is 0. The van der Waals surface area contributed by atoms with Crippen LogP contribution in [-0.4, -0.2) is 59.5 Å². The van der Waals surface area contributed by atoms with Crippen LogP contribution in [0.2, 0.25) is 0 Å². The maximum Gasteiger partial charge on any atom is 0.263 e. The summed E-state index contributed by atoms with van der Waals surface area (Å²) in [6.07, 6.45) is 2.15. The molecule has 0 aliphatic carbocycles. The second-order valence-corrected chi connectivity index (χ2v) is 6.45. The number of ether oxygens (including phenoxy) is 1. The van der Waals surface area contributed by atoms with E-state index in [2.05, 4.69) is 9.88 Å². The molecule has 1 saturated heterocycles. The van der Waals surface area contributed by atoms with E-state index in [0.29, 0.717) is 18.8 Å². The third-order valence-electron chi connectivity index (χ3n) is 4.57. The normalized spacial score (nSPS) is 16.3. The number of hydrogen-bond donors (Lipinski definition) is 0. The second-order valence-electron chi connectivity index (χ2n) is 6.45. The molecule has 0 saturated carbocycles. The van der Waals surface area contributed by atoms with E-state index in [0.717, 1.165) is 31.7 Å². The molecule has 0 unspecified atom stereocenters. The number of amides is 1. The largest absolute Gasteiger partial charge is 0.481 e. The van der Waals surface area contributed by atoms with Gasteiger partial charge in [-0.15, -0.1) is 0 Å². The van der Waals surface area contributed by atoms with Gasteiger partial charge in [-0.25, -0.2) is 4.39 Å². The summed E-state index contributed by atoms with van der Waals surface area (Å²) in [5.41, 5.74) is 1.09. The molecule has 1 atom stereocenters. The topological polar surface area (TPSA) is 45.7 Å². The Labute approximate surface area is 153 Å². The second kappa shape index (κ2) is 8.76. The van der Waals surface area contributed by atoms with E-state index in [9.17, 15) is 9.18 Å². The average molecular weight is 357 g/mol. The van der Waals surface area contributed by atoms with Crippen molar-refractivity contribution in [3.63, 3.8) is 0 Å². The van der Waals surface area contributed by atoms with Gasteiger partial charge in [0.15, 0.2) is 6.10 Å². The van der Waals surface area contributed by atoms with Crippen molar-refractivity contribution in [1.29, 1.82) is 0 Å². The van der Waals surface area contributed by atoms with Crippen molar-refractivity contribution in [2.45, 2.75) is 19.4 Å². The Morgan fingerprint density at radius 2 is 1.88 bits per heavy atom. The number of carbonyl (C=O) groups excluding carboxylic acids is 1. The van der Waals surface area contributed by atoms with Crippen molar-refractivity contribution in [2.24, 2.45) is 0 Å². The SMILES string of the molecule is C[C@H](Oc1ccc(F)cc1)C(=O)N1CCN(CCc2ccccn2)CC1. The Kier molecular flexibility index (Phi) is 6.17. The van der Waals surface area contributed by atoms with Crippen LogP contribution in [-0.2, 0) is 11.2 Å². The van der Waals surface area contributed by atoms with Crippen molar-refractivity contribution in [3.8, 4) is 5.75 Å². The lowest BCUT2D eigenvalue weighted by Crippen LogP contribution is -2.52. The molecule has 2 heterocycles. The fourth-order valence-corrected chi connectivity index (χ4v) is 3.04. The number of carbonyl (C=O) groups is 1. The Bertz CT molecular complexity index is 701. The molecule has 1 aliphatic rings. The highest BCUT2D eigenvalue weighted by Gasteiger charge is 2.25. The molecular weight excluding hydrogens is 333 g/mol. The van der Waals surface area contributed by atoms with E-state index in [4.69, 9.17) is 4.74 Å². The number of pyridine rings is 1. The molecule has 26 heavy (non-hydrogen) atoms. The number of benzene rings is 1. The number of piperazine rings is 1. The van der Waals surface area contributed by atoms with Crippen molar-refractivity contribution >= 4 is 5.91 Å². The van der Waals surface area contributed by atoms with Crippen LogP contribution in [0.1, 0.15) is 12.6 Å².